The van der Waals surface area contributed by atoms with E-state index in [-0.39, 0.29) is 23.5 Å². The number of nitrogens with zero attached hydrogens (tertiary/aromatic N) is 1. The van der Waals surface area contributed by atoms with Crippen molar-refractivity contribution in [3.8, 4) is 0 Å². The van der Waals surface area contributed by atoms with Crippen molar-refractivity contribution in [1.29, 1.82) is 0 Å². The lowest BCUT2D eigenvalue weighted by Gasteiger charge is -2.42. The summed E-state index contributed by atoms with van der Waals surface area (Å²) < 4.78 is 5.84. The Morgan fingerprint density at radius 1 is 1.40 bits per heavy atom. The lowest BCUT2D eigenvalue weighted by molar-refractivity contribution is -0.141. The summed E-state index contributed by atoms with van der Waals surface area (Å²) >= 11 is 0. The SMILES string of the molecule is CCCOC1CCCN(C(=O)C2NCCCC2(C)C)C1. The lowest BCUT2D eigenvalue weighted by atomic mass is 9.77. The van der Waals surface area contributed by atoms with Crippen LogP contribution in [0.1, 0.15) is 52.9 Å². The number of rotatable bonds is 4. The van der Waals surface area contributed by atoms with E-state index in [1.165, 1.54) is 6.42 Å². The van der Waals surface area contributed by atoms with Crippen molar-refractivity contribution in [2.45, 2.75) is 65.0 Å². The Labute approximate surface area is 123 Å². The Hall–Kier alpha value is -0.610. The van der Waals surface area contributed by atoms with E-state index in [0.29, 0.717) is 0 Å². The monoisotopic (exact) mass is 282 g/mol. The van der Waals surface area contributed by atoms with E-state index < -0.39 is 0 Å². The number of likely N-dealkylation sites (tertiary alicyclic amines) is 1. The van der Waals surface area contributed by atoms with Crippen molar-refractivity contribution in [2.24, 2.45) is 5.41 Å². The highest BCUT2D eigenvalue weighted by atomic mass is 16.5. The van der Waals surface area contributed by atoms with Gasteiger partial charge >= 0.3 is 0 Å². The first kappa shape index (κ1) is 15.8. The first-order valence-corrected chi connectivity index (χ1v) is 8.18. The standard InChI is InChI=1S/C16H30N2O2/c1-4-11-20-13-7-5-10-18(12-13)15(19)14-16(2,3)8-6-9-17-14/h13-14,17H,4-12H2,1-3H3. The van der Waals surface area contributed by atoms with Crippen LogP contribution >= 0.6 is 0 Å². The molecule has 0 radical (unpaired) electrons. The number of hydrogen-bond donors (Lipinski definition) is 1. The van der Waals surface area contributed by atoms with Gasteiger partial charge in [0.25, 0.3) is 0 Å². The summed E-state index contributed by atoms with van der Waals surface area (Å²) in [4.78, 5) is 14.8. The fraction of sp³-hybridized carbons (Fsp3) is 0.938. The van der Waals surface area contributed by atoms with Gasteiger partial charge in [0, 0.05) is 19.7 Å². The predicted molar refractivity (Wildman–Crippen MR) is 80.7 cm³/mol. The van der Waals surface area contributed by atoms with Crippen LogP contribution in [0.4, 0.5) is 0 Å². The molecule has 1 N–H and O–H groups in total. The fourth-order valence-corrected chi connectivity index (χ4v) is 3.37. The zero-order valence-corrected chi connectivity index (χ0v) is 13.3. The molecule has 4 heteroatoms. The Balaban J connectivity index is 1.94. The van der Waals surface area contributed by atoms with Crippen LogP contribution in [0.2, 0.25) is 0 Å². The van der Waals surface area contributed by atoms with Crippen LogP contribution in [0.15, 0.2) is 0 Å². The summed E-state index contributed by atoms with van der Waals surface area (Å²) in [5.74, 6) is 0.277. The van der Waals surface area contributed by atoms with Crippen LogP contribution in [0.5, 0.6) is 0 Å². The maximum Gasteiger partial charge on any atom is 0.240 e. The molecule has 2 aliphatic heterocycles. The van der Waals surface area contributed by atoms with Crippen LogP contribution in [0, 0.1) is 5.41 Å². The second-order valence-corrected chi connectivity index (χ2v) is 6.90. The van der Waals surface area contributed by atoms with Gasteiger partial charge in [0.2, 0.25) is 5.91 Å². The molecule has 1 amide bonds. The Bertz CT molecular complexity index is 330. The average molecular weight is 282 g/mol. The molecule has 2 saturated heterocycles. The molecule has 4 nitrogen and oxygen atoms in total. The number of nitrogens with one attached hydrogen (secondary N) is 1. The summed E-state index contributed by atoms with van der Waals surface area (Å²) in [6.45, 7) is 9.96. The normalized spacial score (nSPS) is 30.2. The zero-order chi connectivity index (χ0) is 14.6. The summed E-state index contributed by atoms with van der Waals surface area (Å²) in [6.07, 6.45) is 5.72. The number of amides is 1. The highest BCUT2D eigenvalue weighted by Crippen LogP contribution is 2.31. The number of carbonyl (C=O) groups excluding carboxylic acids is 1. The molecule has 0 aromatic carbocycles. The van der Waals surface area contributed by atoms with Gasteiger partial charge < -0.3 is 15.0 Å². The molecule has 0 saturated carbocycles. The third-order valence-corrected chi connectivity index (χ3v) is 4.62. The molecule has 0 spiro atoms. The Morgan fingerprint density at radius 2 is 2.20 bits per heavy atom. The van der Waals surface area contributed by atoms with Crippen molar-refractivity contribution < 1.29 is 9.53 Å². The van der Waals surface area contributed by atoms with Gasteiger partial charge in [0.15, 0.2) is 0 Å². The predicted octanol–water partition coefficient (Wildman–Crippen LogP) is 2.18. The van der Waals surface area contributed by atoms with Gasteiger partial charge in [-0.25, -0.2) is 0 Å². The van der Waals surface area contributed by atoms with Crippen molar-refractivity contribution in [3.05, 3.63) is 0 Å². The van der Waals surface area contributed by atoms with E-state index in [4.69, 9.17) is 4.74 Å². The molecular formula is C16H30N2O2. The topological polar surface area (TPSA) is 41.6 Å². The van der Waals surface area contributed by atoms with Gasteiger partial charge in [-0.1, -0.05) is 20.8 Å². The second kappa shape index (κ2) is 6.90. The first-order chi connectivity index (χ1) is 9.54. The van der Waals surface area contributed by atoms with E-state index in [0.717, 1.165) is 51.9 Å². The second-order valence-electron chi connectivity index (χ2n) is 6.90. The van der Waals surface area contributed by atoms with Gasteiger partial charge in [-0.3, -0.25) is 4.79 Å². The number of ether oxygens (including phenoxy) is 1. The van der Waals surface area contributed by atoms with Gasteiger partial charge in [0.1, 0.15) is 0 Å². The summed E-state index contributed by atoms with van der Waals surface area (Å²) in [5, 5.41) is 3.43. The highest BCUT2D eigenvalue weighted by molar-refractivity contribution is 5.83. The zero-order valence-electron chi connectivity index (χ0n) is 13.3. The molecule has 2 atom stereocenters. The van der Waals surface area contributed by atoms with E-state index in [1.54, 1.807) is 0 Å². The van der Waals surface area contributed by atoms with Crippen molar-refractivity contribution in [3.63, 3.8) is 0 Å². The van der Waals surface area contributed by atoms with Crippen LogP contribution < -0.4 is 5.32 Å². The van der Waals surface area contributed by atoms with Crippen molar-refractivity contribution in [1.82, 2.24) is 10.2 Å². The molecule has 2 fully saturated rings. The third-order valence-electron chi connectivity index (χ3n) is 4.62. The molecule has 0 aromatic heterocycles. The summed E-state index contributed by atoms with van der Waals surface area (Å²) in [6, 6.07) is -0.0267. The van der Waals surface area contributed by atoms with Gasteiger partial charge in [-0.15, -0.1) is 0 Å². The quantitative estimate of drug-likeness (QED) is 0.859. The molecule has 2 heterocycles. The number of carbonyl (C=O) groups is 1. The number of hydrogen-bond acceptors (Lipinski definition) is 3. The molecule has 2 aliphatic rings. The third kappa shape index (κ3) is 3.73. The van der Waals surface area contributed by atoms with E-state index in [9.17, 15) is 4.79 Å². The maximum absolute atomic E-state index is 12.8. The smallest absolute Gasteiger partial charge is 0.240 e. The van der Waals surface area contributed by atoms with Crippen LogP contribution in [0.3, 0.4) is 0 Å². The Kier molecular flexibility index (Phi) is 5.44. The summed E-state index contributed by atoms with van der Waals surface area (Å²) in [5.41, 5.74) is 0.0621. The molecule has 0 bridgehead atoms. The number of piperidine rings is 2. The van der Waals surface area contributed by atoms with Crippen LogP contribution in [-0.2, 0) is 9.53 Å². The van der Waals surface area contributed by atoms with Crippen molar-refractivity contribution in [2.75, 3.05) is 26.2 Å². The molecular weight excluding hydrogens is 252 g/mol. The summed E-state index contributed by atoms with van der Waals surface area (Å²) in [7, 11) is 0. The van der Waals surface area contributed by atoms with Crippen LogP contribution in [0.25, 0.3) is 0 Å². The molecule has 116 valence electrons. The minimum absolute atomic E-state index is 0.0267. The first-order valence-electron chi connectivity index (χ1n) is 8.18. The lowest BCUT2D eigenvalue weighted by Crippen LogP contribution is -2.58. The maximum atomic E-state index is 12.8. The molecule has 0 aliphatic carbocycles. The molecule has 2 unspecified atom stereocenters. The van der Waals surface area contributed by atoms with Crippen molar-refractivity contribution >= 4 is 5.91 Å². The van der Waals surface area contributed by atoms with Gasteiger partial charge in [-0.05, 0) is 44.1 Å². The molecule has 20 heavy (non-hydrogen) atoms. The fourth-order valence-electron chi connectivity index (χ4n) is 3.37. The van der Waals surface area contributed by atoms with Gasteiger partial charge in [0.05, 0.1) is 12.1 Å². The largest absolute Gasteiger partial charge is 0.376 e. The average Bonchev–Trinajstić information content (AvgIpc) is 2.44. The van der Waals surface area contributed by atoms with E-state index >= 15 is 0 Å². The van der Waals surface area contributed by atoms with Gasteiger partial charge in [-0.2, -0.15) is 0 Å². The highest BCUT2D eigenvalue weighted by Gasteiger charge is 2.40. The Morgan fingerprint density at radius 3 is 2.90 bits per heavy atom. The van der Waals surface area contributed by atoms with E-state index in [2.05, 4.69) is 26.1 Å². The molecule has 0 aromatic rings. The molecule has 2 rings (SSSR count). The van der Waals surface area contributed by atoms with E-state index in [1.807, 2.05) is 4.90 Å². The minimum atomic E-state index is -0.0267. The minimum Gasteiger partial charge on any atom is -0.376 e. The van der Waals surface area contributed by atoms with Crippen LogP contribution in [-0.4, -0.2) is 49.2 Å².